The van der Waals surface area contributed by atoms with E-state index >= 15 is 0 Å². The van der Waals surface area contributed by atoms with Crippen molar-refractivity contribution >= 4 is 11.7 Å². The Labute approximate surface area is 153 Å². The van der Waals surface area contributed by atoms with E-state index in [0.717, 1.165) is 25.0 Å². The summed E-state index contributed by atoms with van der Waals surface area (Å²) in [7, 11) is 0. The van der Waals surface area contributed by atoms with Gasteiger partial charge in [-0.1, -0.05) is 26.8 Å². The molecular formula is C20H27F2NO3. The molecule has 26 heavy (non-hydrogen) atoms. The van der Waals surface area contributed by atoms with Crippen LogP contribution in [0.3, 0.4) is 0 Å². The van der Waals surface area contributed by atoms with E-state index < -0.39 is 17.6 Å². The summed E-state index contributed by atoms with van der Waals surface area (Å²) in [5.41, 5.74) is 1.30. The molecule has 0 fully saturated rings. The van der Waals surface area contributed by atoms with Gasteiger partial charge in [0.05, 0.1) is 6.61 Å². The first-order valence-corrected chi connectivity index (χ1v) is 8.86. The van der Waals surface area contributed by atoms with Crippen LogP contribution in [0.2, 0.25) is 0 Å². The summed E-state index contributed by atoms with van der Waals surface area (Å²) in [6.45, 7) is 8.54. The van der Waals surface area contributed by atoms with E-state index in [1.165, 1.54) is 6.07 Å². The van der Waals surface area contributed by atoms with E-state index in [9.17, 15) is 18.7 Å². The normalized spacial score (nSPS) is 14.2. The number of rotatable bonds is 10. The number of carboxylic acid groups (broad SMARTS) is 1. The highest BCUT2D eigenvalue weighted by atomic mass is 19.2. The maximum atomic E-state index is 13.4. The monoisotopic (exact) mass is 367 g/mol. The zero-order chi connectivity index (χ0) is 19.7. The molecule has 0 bridgehead atoms. The Morgan fingerprint density at radius 3 is 2.46 bits per heavy atom. The van der Waals surface area contributed by atoms with Crippen molar-refractivity contribution in [2.75, 3.05) is 13.2 Å². The average Bonchev–Trinajstić information content (AvgIpc) is 2.61. The molecule has 0 aliphatic rings. The molecule has 1 N–H and O–H groups in total. The smallest absolute Gasteiger partial charge is 0.354 e. The highest BCUT2D eigenvalue weighted by Crippen LogP contribution is 2.24. The average molecular weight is 367 g/mol. The van der Waals surface area contributed by atoms with Crippen molar-refractivity contribution in [3.8, 4) is 0 Å². The molecule has 4 nitrogen and oxygen atoms in total. The molecule has 1 rings (SSSR count). The molecule has 0 amide bonds. The predicted octanol–water partition coefficient (Wildman–Crippen LogP) is 4.98. The largest absolute Gasteiger partial charge is 0.477 e. The summed E-state index contributed by atoms with van der Waals surface area (Å²) in [6, 6.07) is 3.40. The van der Waals surface area contributed by atoms with Gasteiger partial charge in [0.25, 0.3) is 0 Å². The molecular weight excluding hydrogens is 340 g/mol. The molecule has 0 aliphatic heterocycles. The van der Waals surface area contributed by atoms with Crippen LogP contribution in [0.5, 0.6) is 0 Å². The first-order chi connectivity index (χ1) is 12.3. The van der Waals surface area contributed by atoms with Gasteiger partial charge in [-0.05, 0) is 55.4 Å². The molecule has 0 radical (unpaired) electrons. The van der Waals surface area contributed by atoms with Crippen molar-refractivity contribution in [3.63, 3.8) is 0 Å². The fourth-order valence-corrected chi connectivity index (χ4v) is 2.48. The van der Waals surface area contributed by atoms with Crippen LogP contribution in [0.25, 0.3) is 0 Å². The van der Waals surface area contributed by atoms with Crippen molar-refractivity contribution in [2.45, 2.75) is 47.0 Å². The van der Waals surface area contributed by atoms with Gasteiger partial charge in [-0.2, -0.15) is 0 Å². The van der Waals surface area contributed by atoms with Gasteiger partial charge in [-0.25, -0.2) is 18.6 Å². The molecule has 1 aromatic carbocycles. The molecule has 0 spiro atoms. The quantitative estimate of drug-likeness (QED) is 0.361. The minimum absolute atomic E-state index is 0.0211. The number of benzene rings is 1. The van der Waals surface area contributed by atoms with Crippen molar-refractivity contribution in [1.29, 1.82) is 0 Å². The number of hydrogen-bond acceptors (Lipinski definition) is 3. The molecule has 0 aromatic heterocycles. The SMILES string of the molecule is CCCOCC/C(=C(/N=C(C)c1ccc(F)c(F)c1)C(=O)O)C(C)CC. The summed E-state index contributed by atoms with van der Waals surface area (Å²) >= 11 is 0. The van der Waals surface area contributed by atoms with Crippen LogP contribution in [-0.2, 0) is 9.53 Å². The van der Waals surface area contributed by atoms with E-state index in [1.54, 1.807) is 6.92 Å². The Bertz CT molecular complexity index is 684. The van der Waals surface area contributed by atoms with Crippen LogP contribution in [-0.4, -0.2) is 30.0 Å². The third kappa shape index (κ3) is 6.33. The summed E-state index contributed by atoms with van der Waals surface area (Å²) in [5, 5.41) is 9.65. The molecule has 0 aliphatic carbocycles. The molecule has 0 saturated carbocycles. The van der Waals surface area contributed by atoms with Crippen LogP contribution in [0, 0.1) is 17.6 Å². The Balaban J connectivity index is 3.26. The summed E-state index contributed by atoms with van der Waals surface area (Å²) < 4.78 is 32.0. The number of carboxylic acids is 1. The second kappa shape index (κ2) is 10.8. The zero-order valence-corrected chi connectivity index (χ0v) is 15.8. The number of nitrogens with zero attached hydrogens (tertiary/aromatic N) is 1. The topological polar surface area (TPSA) is 58.9 Å². The van der Waals surface area contributed by atoms with Gasteiger partial charge >= 0.3 is 5.97 Å². The van der Waals surface area contributed by atoms with Crippen molar-refractivity contribution in [1.82, 2.24) is 0 Å². The fraction of sp³-hybridized carbons (Fsp3) is 0.500. The van der Waals surface area contributed by atoms with Gasteiger partial charge < -0.3 is 9.84 Å². The van der Waals surface area contributed by atoms with E-state index in [4.69, 9.17) is 4.74 Å². The fourth-order valence-electron chi connectivity index (χ4n) is 2.48. The molecule has 1 aromatic rings. The minimum Gasteiger partial charge on any atom is -0.477 e. The van der Waals surface area contributed by atoms with Gasteiger partial charge in [0.2, 0.25) is 0 Å². The number of carbonyl (C=O) groups is 1. The van der Waals surface area contributed by atoms with Crippen LogP contribution in [0.4, 0.5) is 8.78 Å². The molecule has 6 heteroatoms. The lowest BCUT2D eigenvalue weighted by Crippen LogP contribution is -2.13. The van der Waals surface area contributed by atoms with Crippen molar-refractivity contribution in [3.05, 3.63) is 46.7 Å². The van der Waals surface area contributed by atoms with E-state index in [-0.39, 0.29) is 11.6 Å². The molecule has 144 valence electrons. The van der Waals surface area contributed by atoms with Crippen molar-refractivity contribution < 1.29 is 23.4 Å². The first kappa shape index (κ1) is 22.0. The van der Waals surface area contributed by atoms with Crippen LogP contribution in [0.15, 0.2) is 34.5 Å². The molecule has 0 saturated heterocycles. The second-order valence-corrected chi connectivity index (χ2v) is 6.18. The summed E-state index contributed by atoms with van der Waals surface area (Å²) in [4.78, 5) is 16.0. The molecule has 0 heterocycles. The highest BCUT2D eigenvalue weighted by molar-refractivity contribution is 6.02. The predicted molar refractivity (Wildman–Crippen MR) is 98.4 cm³/mol. The number of halogens is 2. The van der Waals surface area contributed by atoms with E-state index in [1.807, 2.05) is 20.8 Å². The lowest BCUT2D eigenvalue weighted by Gasteiger charge is -2.17. The first-order valence-electron chi connectivity index (χ1n) is 8.86. The van der Waals surface area contributed by atoms with Gasteiger partial charge in [0.15, 0.2) is 11.6 Å². The van der Waals surface area contributed by atoms with E-state index in [2.05, 4.69) is 4.99 Å². The van der Waals surface area contributed by atoms with Crippen LogP contribution >= 0.6 is 0 Å². The van der Waals surface area contributed by atoms with Crippen LogP contribution < -0.4 is 0 Å². The maximum absolute atomic E-state index is 13.4. The summed E-state index contributed by atoms with van der Waals surface area (Å²) in [6.07, 6.45) is 2.12. The minimum atomic E-state index is -1.14. The van der Waals surface area contributed by atoms with Crippen molar-refractivity contribution in [2.24, 2.45) is 10.9 Å². The molecule has 1 atom stereocenters. The Morgan fingerprint density at radius 1 is 1.23 bits per heavy atom. The lowest BCUT2D eigenvalue weighted by atomic mass is 9.93. The van der Waals surface area contributed by atoms with Gasteiger partial charge in [-0.15, -0.1) is 0 Å². The zero-order valence-electron chi connectivity index (χ0n) is 15.8. The van der Waals surface area contributed by atoms with E-state index in [0.29, 0.717) is 36.5 Å². The van der Waals surface area contributed by atoms with Gasteiger partial charge in [0, 0.05) is 12.3 Å². The number of aliphatic carboxylic acids is 1. The summed E-state index contributed by atoms with van der Waals surface area (Å²) in [5.74, 6) is -3.07. The number of hydrogen-bond donors (Lipinski definition) is 1. The standard InChI is InChI=1S/C20H27F2NO3/c1-5-10-26-11-9-16(13(3)6-2)19(20(24)25)23-14(4)15-7-8-17(21)18(22)12-15/h7-8,12-13H,5-6,9-11H2,1-4H3,(H,24,25)/b19-16-,23-14?. The number of aliphatic imine (C=N–C) groups is 1. The Morgan fingerprint density at radius 2 is 1.92 bits per heavy atom. The van der Waals surface area contributed by atoms with Crippen LogP contribution in [0.1, 0.15) is 52.5 Å². The lowest BCUT2D eigenvalue weighted by molar-refractivity contribution is -0.132. The highest BCUT2D eigenvalue weighted by Gasteiger charge is 2.19. The third-order valence-corrected chi connectivity index (χ3v) is 4.20. The third-order valence-electron chi connectivity index (χ3n) is 4.20. The number of ether oxygens (including phenoxy) is 1. The molecule has 1 unspecified atom stereocenters. The van der Waals surface area contributed by atoms with Gasteiger partial charge in [0.1, 0.15) is 5.70 Å². The van der Waals surface area contributed by atoms with Gasteiger partial charge in [-0.3, -0.25) is 0 Å². The second-order valence-electron chi connectivity index (χ2n) is 6.18. The Kier molecular flexibility index (Phi) is 9.13. The Hall–Kier alpha value is -2.08. The maximum Gasteiger partial charge on any atom is 0.354 e.